The van der Waals surface area contributed by atoms with E-state index in [9.17, 15) is 14.9 Å². The number of carbonyl (C=O) groups excluding carboxylic acids is 1. The van der Waals surface area contributed by atoms with Gasteiger partial charge in [-0.2, -0.15) is 0 Å². The highest BCUT2D eigenvalue weighted by Crippen LogP contribution is 2.29. The topological polar surface area (TPSA) is 92.9 Å². The van der Waals surface area contributed by atoms with Crippen LogP contribution >= 0.6 is 0 Å². The summed E-state index contributed by atoms with van der Waals surface area (Å²) in [6.07, 6.45) is -0.825. The third-order valence-corrected chi connectivity index (χ3v) is 2.49. The highest BCUT2D eigenvalue weighted by molar-refractivity contribution is 5.80. The zero-order valence-corrected chi connectivity index (χ0v) is 11.0. The van der Waals surface area contributed by atoms with Gasteiger partial charge in [0.2, 0.25) is 0 Å². The molecule has 0 aliphatic carbocycles. The van der Waals surface area contributed by atoms with E-state index in [0.29, 0.717) is 5.56 Å². The minimum absolute atomic E-state index is 0.00454. The number of likely N-dealkylation sites (N-methyl/N-ethyl adjacent to an activating group) is 1. The number of benzene rings is 1. The zero-order chi connectivity index (χ0) is 14.6. The summed E-state index contributed by atoms with van der Waals surface area (Å²) in [5.74, 6) is -0.287. The molecule has 0 saturated carbocycles. The van der Waals surface area contributed by atoms with Gasteiger partial charge in [-0.1, -0.05) is 6.07 Å². The van der Waals surface area contributed by atoms with Crippen LogP contribution in [0.1, 0.15) is 12.5 Å². The maximum Gasteiger partial charge on any atom is 0.311 e. The van der Waals surface area contributed by atoms with Gasteiger partial charge in [-0.15, -0.1) is 0 Å². The van der Waals surface area contributed by atoms with Gasteiger partial charge in [-0.05, 0) is 18.6 Å². The van der Waals surface area contributed by atoms with Crippen LogP contribution in [0.2, 0.25) is 0 Å². The Labute approximate surface area is 110 Å². The maximum absolute atomic E-state index is 11.6. The van der Waals surface area contributed by atoms with Crippen molar-refractivity contribution in [2.45, 2.75) is 19.6 Å². The van der Waals surface area contributed by atoms with Crippen molar-refractivity contribution in [1.82, 2.24) is 4.90 Å². The Morgan fingerprint density at radius 1 is 1.53 bits per heavy atom. The van der Waals surface area contributed by atoms with E-state index in [4.69, 9.17) is 9.84 Å². The van der Waals surface area contributed by atoms with Gasteiger partial charge in [-0.25, -0.2) is 0 Å². The molecule has 0 fully saturated rings. The Morgan fingerprint density at radius 3 is 2.63 bits per heavy atom. The van der Waals surface area contributed by atoms with Crippen molar-refractivity contribution in [3.8, 4) is 5.75 Å². The van der Waals surface area contributed by atoms with Crippen molar-refractivity contribution in [1.29, 1.82) is 0 Å². The summed E-state index contributed by atoms with van der Waals surface area (Å²) in [7, 11) is 3.15. The van der Waals surface area contributed by atoms with Crippen molar-refractivity contribution >= 4 is 11.6 Å². The molecule has 1 aromatic carbocycles. The van der Waals surface area contributed by atoms with Crippen molar-refractivity contribution < 1.29 is 19.6 Å². The van der Waals surface area contributed by atoms with Crippen LogP contribution < -0.4 is 4.74 Å². The van der Waals surface area contributed by atoms with Gasteiger partial charge in [-0.3, -0.25) is 14.9 Å². The van der Waals surface area contributed by atoms with Crippen LogP contribution in [0.3, 0.4) is 0 Å². The predicted molar refractivity (Wildman–Crippen MR) is 67.8 cm³/mol. The lowest BCUT2D eigenvalue weighted by Gasteiger charge is -2.18. The highest BCUT2D eigenvalue weighted by Gasteiger charge is 2.22. The number of hydrogen-bond acceptors (Lipinski definition) is 5. The number of nitrogens with zero attached hydrogens (tertiary/aromatic N) is 2. The first-order valence-corrected chi connectivity index (χ1v) is 5.62. The Morgan fingerprint density at radius 2 is 2.16 bits per heavy atom. The fourth-order valence-corrected chi connectivity index (χ4v) is 1.51. The maximum atomic E-state index is 11.6. The van der Waals surface area contributed by atoms with E-state index in [1.54, 1.807) is 14.1 Å². The number of ether oxygens (including phenoxy) is 1. The molecule has 1 atom stereocenters. The normalized spacial score (nSPS) is 11.8. The first kappa shape index (κ1) is 14.9. The van der Waals surface area contributed by atoms with E-state index in [2.05, 4.69) is 0 Å². The fraction of sp³-hybridized carbons (Fsp3) is 0.417. The number of aliphatic hydroxyl groups is 1. The molecule has 19 heavy (non-hydrogen) atoms. The molecule has 7 nitrogen and oxygen atoms in total. The highest BCUT2D eigenvalue weighted by atomic mass is 16.6. The van der Waals surface area contributed by atoms with Crippen LogP contribution in [0.5, 0.6) is 5.75 Å². The molecule has 0 spiro atoms. The van der Waals surface area contributed by atoms with Gasteiger partial charge >= 0.3 is 5.69 Å². The smallest absolute Gasteiger partial charge is 0.311 e. The Bertz CT molecular complexity index is 487. The average molecular weight is 268 g/mol. The number of carbonyl (C=O) groups is 1. The van der Waals surface area contributed by atoms with Gasteiger partial charge in [0.25, 0.3) is 5.91 Å². The van der Waals surface area contributed by atoms with Crippen LogP contribution in [-0.4, -0.2) is 41.0 Å². The van der Waals surface area contributed by atoms with Gasteiger partial charge in [0.05, 0.1) is 11.5 Å². The third-order valence-electron chi connectivity index (χ3n) is 2.49. The molecule has 0 bridgehead atoms. The summed E-state index contributed by atoms with van der Waals surface area (Å²) in [6, 6.07) is 4.11. The monoisotopic (exact) mass is 268 g/mol. The second-order valence-electron chi connectivity index (χ2n) is 4.21. The number of nitro benzene ring substituents is 1. The quantitative estimate of drug-likeness (QED) is 0.633. The van der Waals surface area contributed by atoms with E-state index < -0.39 is 11.0 Å². The summed E-state index contributed by atoms with van der Waals surface area (Å²) < 4.78 is 5.31. The van der Waals surface area contributed by atoms with E-state index in [0.717, 1.165) is 0 Å². The fourth-order valence-electron chi connectivity index (χ4n) is 1.51. The molecule has 0 aliphatic heterocycles. The van der Waals surface area contributed by atoms with Crippen LogP contribution in [0.15, 0.2) is 18.2 Å². The second kappa shape index (κ2) is 6.14. The number of rotatable bonds is 5. The van der Waals surface area contributed by atoms with Gasteiger partial charge < -0.3 is 14.7 Å². The SMILES string of the molecule is CC(Oc1ccc(CO)cc1[N+](=O)[O-])C(=O)N(C)C. The molecule has 1 aromatic rings. The van der Waals surface area contributed by atoms with Crippen LogP contribution in [-0.2, 0) is 11.4 Å². The molecule has 1 N–H and O–H groups in total. The first-order valence-electron chi connectivity index (χ1n) is 5.62. The van der Waals surface area contributed by atoms with E-state index in [1.807, 2.05) is 0 Å². The summed E-state index contributed by atoms with van der Waals surface area (Å²) in [5, 5.41) is 19.9. The van der Waals surface area contributed by atoms with Crippen molar-refractivity contribution in [2.75, 3.05) is 14.1 Å². The standard InChI is InChI=1S/C12H16N2O5/c1-8(12(16)13(2)3)19-11-5-4-9(7-15)6-10(11)14(17)18/h4-6,8,15H,7H2,1-3H3. The first-order chi connectivity index (χ1) is 8.86. The Kier molecular flexibility index (Phi) is 4.82. The minimum atomic E-state index is -0.825. The predicted octanol–water partition coefficient (Wildman–Crippen LogP) is 0.943. The van der Waals surface area contributed by atoms with Crippen LogP contribution in [0.25, 0.3) is 0 Å². The molecule has 0 radical (unpaired) electrons. The Balaban J connectivity index is 3.01. The molecule has 1 amide bonds. The lowest BCUT2D eigenvalue weighted by Crippen LogP contribution is -2.35. The number of amides is 1. The summed E-state index contributed by atoms with van der Waals surface area (Å²) >= 11 is 0. The van der Waals surface area contributed by atoms with Crippen LogP contribution in [0.4, 0.5) is 5.69 Å². The number of nitro groups is 1. The third kappa shape index (κ3) is 3.65. The molecule has 0 heterocycles. The molecule has 1 rings (SSSR count). The van der Waals surface area contributed by atoms with Gasteiger partial charge in [0.15, 0.2) is 11.9 Å². The zero-order valence-electron chi connectivity index (χ0n) is 11.0. The largest absolute Gasteiger partial charge is 0.474 e. The Hall–Kier alpha value is -2.15. The lowest BCUT2D eigenvalue weighted by molar-refractivity contribution is -0.386. The van der Waals surface area contributed by atoms with E-state index >= 15 is 0 Å². The van der Waals surface area contributed by atoms with Crippen molar-refractivity contribution in [2.24, 2.45) is 0 Å². The van der Waals surface area contributed by atoms with E-state index in [-0.39, 0.29) is 24.0 Å². The summed E-state index contributed by atoms with van der Waals surface area (Å²) in [6.45, 7) is 1.22. The van der Waals surface area contributed by atoms with Crippen molar-refractivity contribution in [3.63, 3.8) is 0 Å². The molecule has 7 heteroatoms. The molecule has 1 unspecified atom stereocenters. The molecule has 0 aromatic heterocycles. The lowest BCUT2D eigenvalue weighted by atomic mass is 10.2. The minimum Gasteiger partial charge on any atom is -0.474 e. The summed E-state index contributed by atoms with van der Waals surface area (Å²) in [4.78, 5) is 23.3. The van der Waals surface area contributed by atoms with Gasteiger partial charge in [0, 0.05) is 20.2 Å². The molecule has 0 saturated heterocycles. The number of aliphatic hydroxyl groups excluding tert-OH is 1. The molecule has 0 aliphatic rings. The molecular formula is C12H16N2O5. The molecular weight excluding hydrogens is 252 g/mol. The van der Waals surface area contributed by atoms with E-state index in [1.165, 1.54) is 30.0 Å². The second-order valence-corrected chi connectivity index (χ2v) is 4.21. The molecule has 104 valence electrons. The number of hydrogen-bond donors (Lipinski definition) is 1. The van der Waals surface area contributed by atoms with Gasteiger partial charge in [0.1, 0.15) is 0 Å². The van der Waals surface area contributed by atoms with Crippen molar-refractivity contribution in [3.05, 3.63) is 33.9 Å². The van der Waals surface area contributed by atoms with Crippen LogP contribution in [0, 0.1) is 10.1 Å². The summed E-state index contributed by atoms with van der Waals surface area (Å²) in [5.41, 5.74) is 0.135. The average Bonchev–Trinajstić information content (AvgIpc) is 2.37.